The first kappa shape index (κ1) is 17.1. The molecule has 6 heteroatoms. The lowest BCUT2D eigenvalue weighted by molar-refractivity contribution is 0.0209. The van der Waals surface area contributed by atoms with Crippen LogP contribution in [0, 0.1) is 11.3 Å². The van der Waals surface area contributed by atoms with Crippen molar-refractivity contribution in [3.63, 3.8) is 0 Å². The van der Waals surface area contributed by atoms with Crippen molar-refractivity contribution in [2.45, 2.75) is 70.1 Å². The minimum absolute atomic E-state index is 0.227. The predicted molar refractivity (Wildman–Crippen MR) is 98.0 cm³/mol. The highest BCUT2D eigenvalue weighted by Gasteiger charge is 2.45. The van der Waals surface area contributed by atoms with Crippen LogP contribution in [0.4, 0.5) is 10.6 Å². The second kappa shape index (κ2) is 6.15. The fourth-order valence-corrected chi connectivity index (χ4v) is 4.26. The molecule has 6 nitrogen and oxygen atoms in total. The van der Waals surface area contributed by atoms with E-state index in [1.54, 1.807) is 6.20 Å². The van der Waals surface area contributed by atoms with Crippen LogP contribution in [0.15, 0.2) is 12.3 Å². The minimum atomic E-state index is -0.477. The number of hydrogen-bond acceptors (Lipinski definition) is 5. The van der Waals surface area contributed by atoms with Crippen LogP contribution in [0.3, 0.4) is 0 Å². The molecule has 3 heterocycles. The number of fused-ring (bicyclic) bond motifs is 2. The Morgan fingerprint density at radius 1 is 1.23 bits per heavy atom. The number of nitriles is 1. The van der Waals surface area contributed by atoms with Gasteiger partial charge < -0.3 is 14.5 Å². The number of carbonyl (C=O) groups excluding carboxylic acids is 1. The number of amides is 1. The Labute approximate surface area is 154 Å². The van der Waals surface area contributed by atoms with Crippen LogP contribution in [0.25, 0.3) is 0 Å². The third-order valence-electron chi connectivity index (χ3n) is 5.45. The molecule has 26 heavy (non-hydrogen) atoms. The van der Waals surface area contributed by atoms with E-state index in [1.807, 2.05) is 31.7 Å². The summed E-state index contributed by atoms with van der Waals surface area (Å²) in [5.41, 5.74) is 1.40. The lowest BCUT2D eigenvalue weighted by atomic mass is 10.0. The molecule has 1 amide bonds. The van der Waals surface area contributed by atoms with Crippen LogP contribution >= 0.6 is 0 Å². The number of piperazine rings is 1. The van der Waals surface area contributed by atoms with E-state index in [9.17, 15) is 10.1 Å². The molecule has 0 aromatic carbocycles. The molecule has 2 unspecified atom stereocenters. The fourth-order valence-electron chi connectivity index (χ4n) is 4.26. The quantitative estimate of drug-likeness (QED) is 0.814. The zero-order chi connectivity index (χ0) is 18.5. The Balaban J connectivity index is 1.59. The van der Waals surface area contributed by atoms with Gasteiger partial charge in [-0.1, -0.05) is 0 Å². The first-order valence-electron chi connectivity index (χ1n) is 9.52. The molecule has 2 atom stereocenters. The molecule has 2 bridgehead atoms. The van der Waals surface area contributed by atoms with E-state index < -0.39 is 5.60 Å². The SMILES string of the molecule is CC(C)(C)OC(=O)N1CC2CCC(C1)N2c1nccc(C#N)c1C1CC1. The summed E-state index contributed by atoms with van der Waals surface area (Å²) in [6.07, 6.45) is 5.90. The van der Waals surface area contributed by atoms with Gasteiger partial charge in [0.15, 0.2) is 0 Å². The largest absolute Gasteiger partial charge is 0.444 e. The third kappa shape index (κ3) is 3.11. The summed E-state index contributed by atoms with van der Waals surface area (Å²) in [5, 5.41) is 9.52. The molecule has 4 rings (SSSR count). The molecular weight excluding hydrogens is 328 g/mol. The molecule has 2 aliphatic heterocycles. The van der Waals surface area contributed by atoms with Crippen LogP contribution < -0.4 is 4.90 Å². The number of rotatable bonds is 2. The van der Waals surface area contributed by atoms with Gasteiger partial charge in [0, 0.05) is 36.9 Å². The van der Waals surface area contributed by atoms with Crippen LogP contribution in [0.5, 0.6) is 0 Å². The van der Waals surface area contributed by atoms with E-state index in [0.29, 0.717) is 19.0 Å². The van der Waals surface area contributed by atoms with Gasteiger partial charge in [-0.15, -0.1) is 0 Å². The number of nitrogens with zero attached hydrogens (tertiary/aromatic N) is 4. The average Bonchev–Trinajstić information content (AvgIpc) is 3.38. The van der Waals surface area contributed by atoms with Gasteiger partial charge in [-0.3, -0.25) is 0 Å². The lowest BCUT2D eigenvalue weighted by Crippen LogP contribution is -2.56. The molecule has 3 aliphatic rings. The number of likely N-dealkylation sites (tertiary alicyclic amines) is 1. The highest BCUT2D eigenvalue weighted by Crippen LogP contribution is 2.47. The van der Waals surface area contributed by atoms with Crippen molar-refractivity contribution in [3.05, 3.63) is 23.4 Å². The number of ether oxygens (including phenoxy) is 1. The van der Waals surface area contributed by atoms with Crippen molar-refractivity contribution in [1.82, 2.24) is 9.88 Å². The summed E-state index contributed by atoms with van der Waals surface area (Å²) in [6, 6.07) is 4.68. The monoisotopic (exact) mass is 354 g/mol. The fraction of sp³-hybridized carbons (Fsp3) is 0.650. The highest BCUT2D eigenvalue weighted by molar-refractivity contribution is 5.69. The number of hydrogen-bond donors (Lipinski definition) is 0. The zero-order valence-corrected chi connectivity index (χ0v) is 15.7. The van der Waals surface area contributed by atoms with E-state index >= 15 is 0 Å². The summed E-state index contributed by atoms with van der Waals surface area (Å²) in [5.74, 6) is 1.44. The number of carbonyl (C=O) groups is 1. The van der Waals surface area contributed by atoms with Gasteiger partial charge in [0.2, 0.25) is 0 Å². The Morgan fingerprint density at radius 2 is 1.88 bits per heavy atom. The van der Waals surface area contributed by atoms with Crippen molar-refractivity contribution >= 4 is 11.9 Å². The standard InChI is InChI=1S/C20H26N4O2/c1-20(2,3)26-19(25)23-11-15-6-7-16(12-23)24(15)18-17(13-4-5-13)14(10-21)8-9-22-18/h8-9,13,15-16H,4-7,11-12H2,1-3H3. The minimum Gasteiger partial charge on any atom is -0.444 e. The van der Waals surface area contributed by atoms with E-state index in [4.69, 9.17) is 4.74 Å². The van der Waals surface area contributed by atoms with Gasteiger partial charge in [0.05, 0.1) is 11.6 Å². The van der Waals surface area contributed by atoms with Gasteiger partial charge in [0.25, 0.3) is 0 Å². The van der Waals surface area contributed by atoms with Crippen LogP contribution in [0.2, 0.25) is 0 Å². The normalized spacial score (nSPS) is 25.2. The van der Waals surface area contributed by atoms with Crippen LogP contribution in [0.1, 0.15) is 63.5 Å². The molecule has 0 spiro atoms. The smallest absolute Gasteiger partial charge is 0.410 e. The highest BCUT2D eigenvalue weighted by atomic mass is 16.6. The van der Waals surface area contributed by atoms with Gasteiger partial charge >= 0.3 is 6.09 Å². The summed E-state index contributed by atoms with van der Waals surface area (Å²) in [7, 11) is 0. The van der Waals surface area contributed by atoms with Crippen molar-refractivity contribution in [1.29, 1.82) is 5.26 Å². The van der Waals surface area contributed by atoms with E-state index in [0.717, 1.165) is 42.6 Å². The summed E-state index contributed by atoms with van der Waals surface area (Å²) in [4.78, 5) is 21.4. The van der Waals surface area contributed by atoms with Gasteiger partial charge in [-0.25, -0.2) is 9.78 Å². The first-order chi connectivity index (χ1) is 12.4. The van der Waals surface area contributed by atoms with Gasteiger partial charge in [0.1, 0.15) is 11.4 Å². The first-order valence-corrected chi connectivity index (χ1v) is 9.52. The molecule has 138 valence electrons. The van der Waals surface area contributed by atoms with E-state index in [2.05, 4.69) is 16.0 Å². The number of aromatic nitrogens is 1. The molecular formula is C20H26N4O2. The second-order valence-electron chi connectivity index (χ2n) is 8.66. The maximum absolute atomic E-state index is 12.5. The predicted octanol–water partition coefficient (Wildman–Crippen LogP) is 3.42. The molecule has 1 saturated carbocycles. The topological polar surface area (TPSA) is 69.5 Å². The van der Waals surface area contributed by atoms with Gasteiger partial charge in [-0.05, 0) is 58.4 Å². The Morgan fingerprint density at radius 3 is 2.42 bits per heavy atom. The molecule has 0 radical (unpaired) electrons. The third-order valence-corrected chi connectivity index (χ3v) is 5.45. The summed E-state index contributed by atoms with van der Waals surface area (Å²) in [6.45, 7) is 7.01. The summed E-state index contributed by atoms with van der Waals surface area (Å²) < 4.78 is 5.56. The van der Waals surface area contributed by atoms with Crippen molar-refractivity contribution < 1.29 is 9.53 Å². The number of anilines is 1. The van der Waals surface area contributed by atoms with Crippen molar-refractivity contribution in [2.75, 3.05) is 18.0 Å². The molecule has 0 N–H and O–H groups in total. The van der Waals surface area contributed by atoms with E-state index in [1.165, 1.54) is 0 Å². The molecule has 1 aromatic rings. The Bertz CT molecular complexity index is 746. The number of pyridine rings is 1. The molecule has 1 aromatic heterocycles. The maximum Gasteiger partial charge on any atom is 0.410 e. The molecule has 2 saturated heterocycles. The molecule has 1 aliphatic carbocycles. The molecule has 3 fully saturated rings. The average molecular weight is 354 g/mol. The Kier molecular flexibility index (Phi) is 4.06. The van der Waals surface area contributed by atoms with Crippen molar-refractivity contribution in [2.24, 2.45) is 0 Å². The van der Waals surface area contributed by atoms with Crippen molar-refractivity contribution in [3.8, 4) is 6.07 Å². The zero-order valence-electron chi connectivity index (χ0n) is 15.7. The lowest BCUT2D eigenvalue weighted by Gasteiger charge is -2.42. The maximum atomic E-state index is 12.5. The van der Waals surface area contributed by atoms with E-state index in [-0.39, 0.29) is 18.2 Å². The van der Waals surface area contributed by atoms with Crippen LogP contribution in [-0.2, 0) is 4.74 Å². The van der Waals surface area contributed by atoms with Crippen LogP contribution in [-0.4, -0.2) is 46.8 Å². The van der Waals surface area contributed by atoms with Gasteiger partial charge in [-0.2, -0.15) is 5.26 Å². The summed E-state index contributed by atoms with van der Waals surface area (Å²) >= 11 is 0. The Hall–Kier alpha value is -2.29. The second-order valence-corrected chi connectivity index (χ2v) is 8.66.